The van der Waals surface area contributed by atoms with Crippen LogP contribution in [0.25, 0.3) is 10.9 Å². The topological polar surface area (TPSA) is 65.2 Å². The molecule has 0 bridgehead atoms. The molecule has 0 unspecified atom stereocenters. The summed E-state index contributed by atoms with van der Waals surface area (Å²) in [6, 6.07) is 9.92. The van der Waals surface area contributed by atoms with Crippen molar-refractivity contribution in [1.82, 2.24) is 15.2 Å². The minimum atomic E-state index is -0.326. The van der Waals surface area contributed by atoms with Crippen molar-refractivity contribution in [1.29, 1.82) is 0 Å². The van der Waals surface area contributed by atoms with Crippen molar-refractivity contribution in [3.8, 4) is 0 Å². The van der Waals surface area contributed by atoms with E-state index in [0.717, 1.165) is 24.1 Å². The zero-order valence-corrected chi connectivity index (χ0v) is 13.5. The van der Waals surface area contributed by atoms with E-state index in [1.165, 1.54) is 5.39 Å². The van der Waals surface area contributed by atoms with Crippen molar-refractivity contribution in [3.63, 3.8) is 0 Å². The molecule has 5 heteroatoms. The van der Waals surface area contributed by atoms with Crippen LogP contribution in [-0.4, -0.2) is 40.8 Å². The normalized spacial score (nSPS) is 16.0. The van der Waals surface area contributed by atoms with E-state index in [-0.39, 0.29) is 17.9 Å². The van der Waals surface area contributed by atoms with Gasteiger partial charge in [-0.25, -0.2) is 0 Å². The van der Waals surface area contributed by atoms with Crippen LogP contribution in [0, 0.1) is 0 Å². The number of aromatic amines is 1. The summed E-state index contributed by atoms with van der Waals surface area (Å²) in [6.45, 7) is 3.23. The van der Waals surface area contributed by atoms with Crippen LogP contribution in [-0.2, 0) is 16.0 Å². The molecular formula is C18H23N3O2. The predicted octanol–water partition coefficient (Wildman–Crippen LogP) is 2.23. The van der Waals surface area contributed by atoms with E-state index < -0.39 is 0 Å². The first-order valence-electron chi connectivity index (χ1n) is 8.33. The van der Waals surface area contributed by atoms with Crippen LogP contribution < -0.4 is 5.32 Å². The summed E-state index contributed by atoms with van der Waals surface area (Å²) in [4.78, 5) is 29.2. The van der Waals surface area contributed by atoms with Gasteiger partial charge in [-0.2, -0.15) is 0 Å². The van der Waals surface area contributed by atoms with Crippen molar-refractivity contribution in [2.24, 2.45) is 0 Å². The van der Waals surface area contributed by atoms with Crippen LogP contribution in [0.2, 0.25) is 0 Å². The van der Waals surface area contributed by atoms with E-state index in [1.807, 2.05) is 25.1 Å². The second kappa shape index (κ2) is 6.86. The van der Waals surface area contributed by atoms with Crippen LogP contribution in [0.1, 0.15) is 31.9 Å². The molecule has 3 rings (SSSR count). The number of hydrogen-bond acceptors (Lipinski definition) is 2. The van der Waals surface area contributed by atoms with Gasteiger partial charge < -0.3 is 15.2 Å². The molecule has 1 aromatic heterocycles. The van der Waals surface area contributed by atoms with Gasteiger partial charge in [-0.15, -0.1) is 0 Å². The molecule has 2 aromatic rings. The smallest absolute Gasteiger partial charge is 0.242 e. The second-order valence-corrected chi connectivity index (χ2v) is 6.04. The fraction of sp³-hybridized carbons (Fsp3) is 0.444. The molecule has 2 N–H and O–H groups in total. The standard InChI is InChI=1S/C18H23N3O2/c1-2-16(21-11-5-8-17(21)22)18(23)19-10-9-14-12-13-6-3-4-7-15(13)20-14/h3-4,6-7,12,16,20H,2,5,8-11H2,1H3,(H,19,23)/t16-/m0/s1. The third-order valence-electron chi connectivity index (χ3n) is 4.45. The van der Waals surface area contributed by atoms with E-state index in [2.05, 4.69) is 22.4 Å². The van der Waals surface area contributed by atoms with E-state index in [4.69, 9.17) is 0 Å². The summed E-state index contributed by atoms with van der Waals surface area (Å²) in [7, 11) is 0. The Kier molecular flexibility index (Phi) is 4.65. The summed E-state index contributed by atoms with van der Waals surface area (Å²) in [5.74, 6) is 0.0569. The number of hydrogen-bond donors (Lipinski definition) is 2. The maximum Gasteiger partial charge on any atom is 0.242 e. The van der Waals surface area contributed by atoms with Gasteiger partial charge in [0.2, 0.25) is 11.8 Å². The van der Waals surface area contributed by atoms with E-state index in [0.29, 0.717) is 25.9 Å². The number of fused-ring (bicyclic) bond motifs is 1. The third kappa shape index (κ3) is 3.38. The highest BCUT2D eigenvalue weighted by Crippen LogP contribution is 2.16. The van der Waals surface area contributed by atoms with Gasteiger partial charge in [-0.3, -0.25) is 9.59 Å². The summed E-state index contributed by atoms with van der Waals surface area (Å²) in [6.07, 6.45) is 2.84. The number of aromatic nitrogens is 1. The Morgan fingerprint density at radius 1 is 1.39 bits per heavy atom. The fourth-order valence-electron chi connectivity index (χ4n) is 3.25. The maximum absolute atomic E-state index is 12.4. The number of H-pyrrole nitrogens is 1. The van der Waals surface area contributed by atoms with Gasteiger partial charge in [0.25, 0.3) is 0 Å². The molecule has 0 saturated carbocycles. The van der Waals surface area contributed by atoms with Crippen molar-refractivity contribution in [2.75, 3.05) is 13.1 Å². The zero-order valence-electron chi connectivity index (χ0n) is 13.5. The maximum atomic E-state index is 12.4. The molecule has 1 aromatic carbocycles. The monoisotopic (exact) mass is 313 g/mol. The minimum absolute atomic E-state index is 0.0427. The lowest BCUT2D eigenvalue weighted by molar-refractivity contribution is -0.137. The Hall–Kier alpha value is -2.30. The Labute approximate surface area is 136 Å². The van der Waals surface area contributed by atoms with Crippen molar-refractivity contribution >= 4 is 22.7 Å². The molecule has 2 amide bonds. The van der Waals surface area contributed by atoms with E-state index in [1.54, 1.807) is 4.90 Å². The summed E-state index contributed by atoms with van der Waals surface area (Å²) in [5, 5.41) is 4.15. The van der Waals surface area contributed by atoms with Crippen LogP contribution in [0.3, 0.4) is 0 Å². The number of likely N-dealkylation sites (tertiary alicyclic amines) is 1. The quantitative estimate of drug-likeness (QED) is 0.859. The molecule has 0 radical (unpaired) electrons. The number of amides is 2. The first kappa shape index (κ1) is 15.6. The summed E-state index contributed by atoms with van der Waals surface area (Å²) < 4.78 is 0. The molecule has 122 valence electrons. The zero-order chi connectivity index (χ0) is 16.2. The molecule has 5 nitrogen and oxygen atoms in total. The van der Waals surface area contributed by atoms with Crippen molar-refractivity contribution in [3.05, 3.63) is 36.0 Å². The highest BCUT2D eigenvalue weighted by molar-refractivity contribution is 5.88. The van der Waals surface area contributed by atoms with Gasteiger partial charge in [0.15, 0.2) is 0 Å². The number of rotatable bonds is 6. The molecular weight excluding hydrogens is 290 g/mol. The highest BCUT2D eigenvalue weighted by Gasteiger charge is 2.31. The van der Waals surface area contributed by atoms with E-state index >= 15 is 0 Å². The van der Waals surface area contributed by atoms with Crippen LogP contribution in [0.5, 0.6) is 0 Å². The average molecular weight is 313 g/mol. The van der Waals surface area contributed by atoms with Gasteiger partial charge in [0.1, 0.15) is 6.04 Å². The van der Waals surface area contributed by atoms with Crippen LogP contribution >= 0.6 is 0 Å². The summed E-state index contributed by atoms with van der Waals surface area (Å²) >= 11 is 0. The number of para-hydroxylation sites is 1. The molecule has 23 heavy (non-hydrogen) atoms. The molecule has 0 aliphatic carbocycles. The van der Waals surface area contributed by atoms with Gasteiger partial charge in [-0.05, 0) is 30.4 Å². The van der Waals surface area contributed by atoms with Crippen LogP contribution in [0.4, 0.5) is 0 Å². The second-order valence-electron chi connectivity index (χ2n) is 6.04. The average Bonchev–Trinajstić information content (AvgIpc) is 3.14. The Morgan fingerprint density at radius 2 is 2.22 bits per heavy atom. The number of nitrogens with zero attached hydrogens (tertiary/aromatic N) is 1. The molecule has 2 heterocycles. The number of carbonyl (C=O) groups excluding carboxylic acids is 2. The number of nitrogens with one attached hydrogen (secondary N) is 2. The Bertz CT molecular complexity index is 674. The van der Waals surface area contributed by atoms with Crippen LogP contribution in [0.15, 0.2) is 30.3 Å². The van der Waals surface area contributed by atoms with Gasteiger partial charge in [-0.1, -0.05) is 25.1 Å². The van der Waals surface area contributed by atoms with Gasteiger partial charge in [0.05, 0.1) is 0 Å². The lowest BCUT2D eigenvalue weighted by atomic mass is 10.1. The Morgan fingerprint density at radius 3 is 2.91 bits per heavy atom. The number of carbonyl (C=O) groups is 2. The highest BCUT2D eigenvalue weighted by atomic mass is 16.2. The summed E-state index contributed by atoms with van der Waals surface area (Å²) in [5.41, 5.74) is 2.22. The Balaban J connectivity index is 1.54. The molecule has 0 spiro atoms. The van der Waals surface area contributed by atoms with Gasteiger partial charge >= 0.3 is 0 Å². The van der Waals surface area contributed by atoms with Crippen molar-refractivity contribution in [2.45, 2.75) is 38.6 Å². The minimum Gasteiger partial charge on any atom is -0.358 e. The van der Waals surface area contributed by atoms with Gasteiger partial charge in [0, 0.05) is 37.1 Å². The predicted molar refractivity (Wildman–Crippen MR) is 90.0 cm³/mol. The first-order valence-corrected chi connectivity index (χ1v) is 8.33. The largest absolute Gasteiger partial charge is 0.358 e. The van der Waals surface area contributed by atoms with E-state index in [9.17, 15) is 9.59 Å². The lowest BCUT2D eigenvalue weighted by Gasteiger charge is -2.25. The third-order valence-corrected chi connectivity index (χ3v) is 4.45. The molecule has 1 aliphatic heterocycles. The molecule has 1 atom stereocenters. The fourth-order valence-corrected chi connectivity index (χ4v) is 3.25. The molecule has 1 aliphatic rings. The first-order chi connectivity index (χ1) is 11.2. The molecule has 1 saturated heterocycles. The van der Waals surface area contributed by atoms with Crippen molar-refractivity contribution < 1.29 is 9.59 Å². The SMILES string of the molecule is CC[C@@H](C(=O)NCCc1cc2ccccc2[nH]1)N1CCCC1=O. The lowest BCUT2D eigenvalue weighted by Crippen LogP contribution is -2.47. The number of benzene rings is 1. The molecule has 1 fully saturated rings.